The summed E-state index contributed by atoms with van der Waals surface area (Å²) in [6.45, 7) is 4.14. The van der Waals surface area contributed by atoms with Crippen molar-refractivity contribution in [2.45, 2.75) is 46.0 Å². The molecule has 0 radical (unpaired) electrons. The SMILES string of the molecule is Cc1cccc(NC(=O)CCN2C(=O)[C@H]3CCCC[C@@H]3C2=O)c1C. The van der Waals surface area contributed by atoms with Crippen molar-refractivity contribution in [1.29, 1.82) is 0 Å². The lowest BCUT2D eigenvalue weighted by atomic mass is 9.81. The zero-order chi connectivity index (χ0) is 17.3. The summed E-state index contributed by atoms with van der Waals surface area (Å²) in [5.74, 6) is -0.616. The number of nitrogens with one attached hydrogen (secondary N) is 1. The third-order valence-electron chi connectivity index (χ3n) is 5.37. The first kappa shape index (κ1) is 16.7. The molecule has 5 nitrogen and oxygen atoms in total. The molecule has 2 fully saturated rings. The zero-order valence-electron chi connectivity index (χ0n) is 14.3. The molecule has 1 saturated heterocycles. The van der Waals surface area contributed by atoms with Crippen molar-refractivity contribution in [1.82, 2.24) is 4.90 Å². The number of anilines is 1. The van der Waals surface area contributed by atoms with Crippen LogP contribution in [-0.2, 0) is 14.4 Å². The molecule has 2 aliphatic rings. The maximum atomic E-state index is 12.4. The van der Waals surface area contributed by atoms with E-state index in [1.54, 1.807) is 0 Å². The first-order valence-corrected chi connectivity index (χ1v) is 8.70. The van der Waals surface area contributed by atoms with E-state index in [9.17, 15) is 14.4 Å². The molecule has 1 aliphatic heterocycles. The Morgan fingerprint density at radius 2 is 1.75 bits per heavy atom. The number of aryl methyl sites for hydroxylation is 1. The minimum Gasteiger partial charge on any atom is -0.326 e. The summed E-state index contributed by atoms with van der Waals surface area (Å²) in [6, 6.07) is 5.76. The highest BCUT2D eigenvalue weighted by molar-refractivity contribution is 6.05. The van der Waals surface area contributed by atoms with E-state index in [0.717, 1.165) is 42.5 Å². The fourth-order valence-electron chi connectivity index (χ4n) is 3.76. The molecule has 0 bridgehead atoms. The van der Waals surface area contributed by atoms with E-state index in [4.69, 9.17) is 0 Å². The first-order chi connectivity index (χ1) is 11.5. The first-order valence-electron chi connectivity index (χ1n) is 8.70. The van der Waals surface area contributed by atoms with Gasteiger partial charge in [-0.15, -0.1) is 0 Å². The number of carbonyl (C=O) groups is 3. The van der Waals surface area contributed by atoms with Crippen molar-refractivity contribution < 1.29 is 14.4 Å². The topological polar surface area (TPSA) is 66.5 Å². The molecule has 1 N–H and O–H groups in total. The number of amides is 3. The van der Waals surface area contributed by atoms with E-state index in [0.29, 0.717) is 0 Å². The summed E-state index contributed by atoms with van der Waals surface area (Å²) in [5.41, 5.74) is 2.93. The van der Waals surface area contributed by atoms with Gasteiger partial charge in [-0.3, -0.25) is 19.3 Å². The standard InChI is InChI=1S/C19H24N2O3/c1-12-6-5-9-16(13(12)2)20-17(22)10-11-21-18(23)14-7-3-4-8-15(14)19(21)24/h5-6,9,14-15H,3-4,7-8,10-11H2,1-2H3,(H,20,22)/t14-,15-/m0/s1. The second kappa shape index (κ2) is 6.75. The number of benzene rings is 1. The highest BCUT2D eigenvalue weighted by atomic mass is 16.2. The average molecular weight is 328 g/mol. The highest BCUT2D eigenvalue weighted by Gasteiger charge is 2.47. The smallest absolute Gasteiger partial charge is 0.233 e. The second-order valence-corrected chi connectivity index (χ2v) is 6.87. The molecule has 1 heterocycles. The summed E-state index contributed by atoms with van der Waals surface area (Å²) >= 11 is 0. The van der Waals surface area contributed by atoms with Crippen molar-refractivity contribution in [2.75, 3.05) is 11.9 Å². The van der Waals surface area contributed by atoms with Crippen LogP contribution in [0, 0.1) is 25.7 Å². The molecule has 1 aromatic carbocycles. The van der Waals surface area contributed by atoms with Crippen LogP contribution in [0.25, 0.3) is 0 Å². The van der Waals surface area contributed by atoms with Gasteiger partial charge in [0.1, 0.15) is 0 Å². The molecule has 1 aromatic rings. The lowest BCUT2D eigenvalue weighted by molar-refractivity contribution is -0.140. The van der Waals surface area contributed by atoms with Gasteiger partial charge in [0.05, 0.1) is 11.8 Å². The normalized spacial score (nSPS) is 23.3. The minimum atomic E-state index is -0.167. The zero-order valence-corrected chi connectivity index (χ0v) is 14.3. The Labute approximate surface area is 142 Å². The number of nitrogens with zero attached hydrogens (tertiary/aromatic N) is 1. The van der Waals surface area contributed by atoms with E-state index < -0.39 is 0 Å². The highest BCUT2D eigenvalue weighted by Crippen LogP contribution is 2.37. The molecule has 5 heteroatoms. The van der Waals surface area contributed by atoms with Crippen LogP contribution in [-0.4, -0.2) is 29.2 Å². The maximum Gasteiger partial charge on any atom is 0.233 e. The van der Waals surface area contributed by atoms with Gasteiger partial charge in [-0.1, -0.05) is 25.0 Å². The molecular weight excluding hydrogens is 304 g/mol. The Kier molecular flexibility index (Phi) is 4.69. The van der Waals surface area contributed by atoms with Gasteiger partial charge < -0.3 is 5.32 Å². The molecule has 3 amide bonds. The van der Waals surface area contributed by atoms with Crippen molar-refractivity contribution in [2.24, 2.45) is 11.8 Å². The predicted octanol–water partition coefficient (Wildman–Crippen LogP) is 2.81. The lowest BCUT2D eigenvalue weighted by Gasteiger charge is -2.19. The van der Waals surface area contributed by atoms with Crippen LogP contribution in [0.3, 0.4) is 0 Å². The lowest BCUT2D eigenvalue weighted by Crippen LogP contribution is -2.34. The molecular formula is C19H24N2O3. The van der Waals surface area contributed by atoms with Gasteiger partial charge in [-0.05, 0) is 43.9 Å². The maximum absolute atomic E-state index is 12.4. The number of fused-ring (bicyclic) bond motifs is 1. The molecule has 1 aliphatic carbocycles. The van der Waals surface area contributed by atoms with Crippen LogP contribution in [0.15, 0.2) is 18.2 Å². The van der Waals surface area contributed by atoms with Gasteiger partial charge in [-0.2, -0.15) is 0 Å². The Balaban J connectivity index is 1.59. The van der Waals surface area contributed by atoms with Gasteiger partial charge in [0.2, 0.25) is 17.7 Å². The van der Waals surface area contributed by atoms with Crippen LogP contribution in [0.4, 0.5) is 5.69 Å². The molecule has 128 valence electrons. The predicted molar refractivity (Wildman–Crippen MR) is 91.3 cm³/mol. The van der Waals surface area contributed by atoms with Crippen LogP contribution in [0.1, 0.15) is 43.2 Å². The van der Waals surface area contributed by atoms with Crippen LogP contribution < -0.4 is 5.32 Å². The largest absolute Gasteiger partial charge is 0.326 e. The van der Waals surface area contributed by atoms with Crippen molar-refractivity contribution in [3.05, 3.63) is 29.3 Å². The van der Waals surface area contributed by atoms with Crippen LogP contribution in [0.2, 0.25) is 0 Å². The van der Waals surface area contributed by atoms with E-state index in [-0.39, 0.29) is 42.5 Å². The average Bonchev–Trinajstić information content (AvgIpc) is 2.82. The number of imide groups is 1. The van der Waals surface area contributed by atoms with Crippen LogP contribution in [0.5, 0.6) is 0 Å². The summed E-state index contributed by atoms with van der Waals surface area (Å²) in [6.07, 6.45) is 3.79. The van der Waals surface area contributed by atoms with Crippen molar-refractivity contribution in [3.8, 4) is 0 Å². The molecule has 24 heavy (non-hydrogen) atoms. The summed E-state index contributed by atoms with van der Waals surface area (Å²) in [4.78, 5) is 38.3. The Bertz CT molecular complexity index is 659. The molecule has 0 spiro atoms. The molecule has 0 unspecified atom stereocenters. The molecule has 1 saturated carbocycles. The van der Waals surface area contributed by atoms with E-state index in [2.05, 4.69) is 5.32 Å². The number of hydrogen-bond acceptors (Lipinski definition) is 3. The van der Waals surface area contributed by atoms with Gasteiger partial charge in [0.25, 0.3) is 0 Å². The van der Waals surface area contributed by atoms with Crippen LogP contribution >= 0.6 is 0 Å². The van der Waals surface area contributed by atoms with E-state index in [1.165, 1.54) is 4.90 Å². The summed E-state index contributed by atoms with van der Waals surface area (Å²) < 4.78 is 0. The minimum absolute atomic E-state index is 0.0794. The number of rotatable bonds is 4. The number of carbonyl (C=O) groups excluding carboxylic acids is 3. The monoisotopic (exact) mass is 328 g/mol. The van der Waals surface area contributed by atoms with Crippen molar-refractivity contribution in [3.63, 3.8) is 0 Å². The molecule has 2 atom stereocenters. The fourth-order valence-corrected chi connectivity index (χ4v) is 3.76. The summed E-state index contributed by atoms with van der Waals surface area (Å²) in [5, 5.41) is 2.88. The van der Waals surface area contributed by atoms with E-state index >= 15 is 0 Å². The third-order valence-corrected chi connectivity index (χ3v) is 5.37. The van der Waals surface area contributed by atoms with Gasteiger partial charge in [0.15, 0.2) is 0 Å². The van der Waals surface area contributed by atoms with Crippen molar-refractivity contribution >= 4 is 23.4 Å². The Morgan fingerprint density at radius 1 is 1.12 bits per heavy atom. The van der Waals surface area contributed by atoms with Gasteiger partial charge >= 0.3 is 0 Å². The van der Waals surface area contributed by atoms with Gasteiger partial charge in [-0.25, -0.2) is 0 Å². The Morgan fingerprint density at radius 3 is 2.38 bits per heavy atom. The molecule has 3 rings (SSSR count). The quantitative estimate of drug-likeness (QED) is 0.864. The van der Waals surface area contributed by atoms with Gasteiger partial charge in [0, 0.05) is 18.7 Å². The Hall–Kier alpha value is -2.17. The second-order valence-electron chi connectivity index (χ2n) is 6.87. The number of likely N-dealkylation sites (tertiary alicyclic amines) is 1. The number of hydrogen-bond donors (Lipinski definition) is 1. The van der Waals surface area contributed by atoms with E-state index in [1.807, 2.05) is 32.0 Å². The summed E-state index contributed by atoms with van der Waals surface area (Å²) in [7, 11) is 0. The molecule has 0 aromatic heterocycles. The fraction of sp³-hybridized carbons (Fsp3) is 0.526. The third kappa shape index (κ3) is 3.07.